The standard InChI is InChI=1S/2C7H9N.2CHNS.Cu/c2*1-2-7-3-5-8-6-4-7;2*2-1-3;/h2*3-6H,2H2,1H3;2*3H;/q;;;;+2/p-2. The third-order valence-electron chi connectivity index (χ3n) is 2.32. The Morgan fingerprint density at radius 2 is 1.00 bits per heavy atom. The molecule has 7 heteroatoms. The fourth-order valence-corrected chi connectivity index (χ4v) is 1.24. The molecule has 0 saturated heterocycles. The second-order valence-corrected chi connectivity index (χ2v) is 3.97. The number of thiocyanates is 2. The van der Waals surface area contributed by atoms with Crippen molar-refractivity contribution in [2.24, 2.45) is 0 Å². The first-order valence-electron chi connectivity index (χ1n) is 6.50. The molecule has 0 atom stereocenters. The number of nitrogens with zero attached hydrogens (tertiary/aromatic N) is 4. The Bertz CT molecular complexity index is 488. The maximum Gasteiger partial charge on any atom is 2.00 e. The molecule has 0 aliphatic carbocycles. The zero-order valence-corrected chi connectivity index (χ0v) is 15.5. The van der Waals surface area contributed by atoms with E-state index in [-0.39, 0.29) is 17.1 Å². The Morgan fingerprint density at radius 1 is 0.783 bits per heavy atom. The van der Waals surface area contributed by atoms with E-state index in [2.05, 4.69) is 49.1 Å². The van der Waals surface area contributed by atoms with Crippen LogP contribution in [0.3, 0.4) is 0 Å². The van der Waals surface area contributed by atoms with Crippen molar-refractivity contribution < 1.29 is 17.1 Å². The fourth-order valence-electron chi connectivity index (χ4n) is 1.24. The van der Waals surface area contributed by atoms with Gasteiger partial charge in [-0.3, -0.25) is 9.97 Å². The van der Waals surface area contributed by atoms with Gasteiger partial charge in [0.05, 0.1) is 0 Å². The molecule has 125 valence electrons. The second-order valence-electron chi connectivity index (χ2n) is 3.60. The molecule has 4 nitrogen and oxygen atoms in total. The van der Waals surface area contributed by atoms with E-state index in [4.69, 9.17) is 10.5 Å². The van der Waals surface area contributed by atoms with Gasteiger partial charge in [-0.15, -0.1) is 0 Å². The van der Waals surface area contributed by atoms with E-state index in [1.807, 2.05) is 49.1 Å². The number of aromatic nitrogens is 2. The van der Waals surface area contributed by atoms with Gasteiger partial charge in [0.15, 0.2) is 0 Å². The van der Waals surface area contributed by atoms with Gasteiger partial charge in [0.1, 0.15) is 0 Å². The quantitative estimate of drug-likeness (QED) is 0.442. The largest absolute Gasteiger partial charge is 2.00 e. The molecule has 0 unspecified atom stereocenters. The van der Waals surface area contributed by atoms with Gasteiger partial charge >= 0.3 is 17.1 Å². The van der Waals surface area contributed by atoms with Gasteiger partial charge in [-0.25, -0.2) is 10.5 Å². The second kappa shape index (κ2) is 22.5. The zero-order chi connectivity index (χ0) is 17.1. The summed E-state index contributed by atoms with van der Waals surface area (Å²) in [4.78, 5) is 7.79. The van der Waals surface area contributed by atoms with E-state index in [0.29, 0.717) is 0 Å². The van der Waals surface area contributed by atoms with Crippen LogP contribution in [0.15, 0.2) is 49.1 Å². The van der Waals surface area contributed by atoms with Crippen molar-refractivity contribution in [1.82, 2.24) is 9.97 Å². The van der Waals surface area contributed by atoms with Gasteiger partial charge in [0, 0.05) is 24.8 Å². The van der Waals surface area contributed by atoms with E-state index in [1.165, 1.54) is 21.9 Å². The average molecular weight is 394 g/mol. The van der Waals surface area contributed by atoms with Crippen molar-refractivity contribution in [2.45, 2.75) is 26.7 Å². The SMILES string of the molecule is CCc1ccncc1.CCc1ccncc1.N#C[S-].N#C[S-].[Cu+2]. The van der Waals surface area contributed by atoms with E-state index in [0.717, 1.165) is 12.8 Å². The summed E-state index contributed by atoms with van der Waals surface area (Å²) in [7, 11) is 0. The number of aryl methyl sites for hydroxylation is 2. The Balaban J connectivity index is -0.000000253. The number of pyridine rings is 2. The van der Waals surface area contributed by atoms with Crippen molar-refractivity contribution >= 4 is 25.3 Å². The molecular formula is C16H18CuN4S2. The summed E-state index contributed by atoms with van der Waals surface area (Å²) in [5.74, 6) is 0. The van der Waals surface area contributed by atoms with Crippen LogP contribution in [0.2, 0.25) is 0 Å². The van der Waals surface area contributed by atoms with Gasteiger partial charge < -0.3 is 25.3 Å². The molecule has 0 fully saturated rings. The normalized spacial score (nSPS) is 6.96. The first-order valence-corrected chi connectivity index (χ1v) is 7.31. The minimum absolute atomic E-state index is 0. The molecule has 0 N–H and O–H groups in total. The van der Waals surface area contributed by atoms with Crippen LogP contribution in [-0.4, -0.2) is 9.97 Å². The minimum Gasteiger partial charge on any atom is -0.696 e. The van der Waals surface area contributed by atoms with Gasteiger partial charge in [-0.05, 0) is 48.2 Å². The third-order valence-corrected chi connectivity index (χ3v) is 2.32. The van der Waals surface area contributed by atoms with Crippen LogP contribution in [0.4, 0.5) is 0 Å². The Labute approximate surface area is 160 Å². The monoisotopic (exact) mass is 393 g/mol. The van der Waals surface area contributed by atoms with Crippen molar-refractivity contribution in [1.29, 1.82) is 10.5 Å². The van der Waals surface area contributed by atoms with E-state index < -0.39 is 0 Å². The van der Waals surface area contributed by atoms with E-state index in [9.17, 15) is 0 Å². The summed E-state index contributed by atoms with van der Waals surface area (Å²) in [6, 6.07) is 8.11. The number of hydrogen-bond donors (Lipinski definition) is 0. The molecule has 0 amide bonds. The summed E-state index contributed by atoms with van der Waals surface area (Å²) < 4.78 is 0. The van der Waals surface area contributed by atoms with Crippen molar-refractivity contribution in [3.05, 3.63) is 60.2 Å². The third kappa shape index (κ3) is 20.2. The molecule has 0 spiro atoms. The van der Waals surface area contributed by atoms with Gasteiger partial charge in [-0.1, -0.05) is 24.6 Å². The summed E-state index contributed by atoms with van der Waals surface area (Å²) in [5.41, 5.74) is 2.69. The summed E-state index contributed by atoms with van der Waals surface area (Å²) in [6.07, 6.45) is 9.47. The van der Waals surface area contributed by atoms with Crippen molar-refractivity contribution in [2.75, 3.05) is 0 Å². The van der Waals surface area contributed by atoms with Crippen LogP contribution in [0, 0.1) is 21.3 Å². The maximum absolute atomic E-state index is 7.13. The van der Waals surface area contributed by atoms with Crippen LogP contribution in [0.5, 0.6) is 0 Å². The van der Waals surface area contributed by atoms with Crippen LogP contribution in [0.25, 0.3) is 0 Å². The minimum atomic E-state index is 0. The summed E-state index contributed by atoms with van der Waals surface area (Å²) in [5, 5.41) is 16.9. The molecule has 2 aromatic rings. The summed E-state index contributed by atoms with van der Waals surface area (Å²) >= 11 is 7.40. The molecule has 2 aromatic heterocycles. The molecular weight excluding hydrogens is 376 g/mol. The predicted molar refractivity (Wildman–Crippen MR) is 93.2 cm³/mol. The Kier molecular flexibility index (Phi) is 25.6. The molecule has 0 aliphatic rings. The van der Waals surface area contributed by atoms with Crippen molar-refractivity contribution in [3.63, 3.8) is 0 Å². The molecule has 0 aromatic carbocycles. The van der Waals surface area contributed by atoms with Crippen LogP contribution in [0.1, 0.15) is 25.0 Å². The maximum atomic E-state index is 7.13. The summed E-state index contributed by atoms with van der Waals surface area (Å²) in [6.45, 7) is 4.27. The molecule has 2 rings (SSSR count). The molecule has 0 aliphatic heterocycles. The van der Waals surface area contributed by atoms with Gasteiger partial charge in [-0.2, -0.15) is 0 Å². The predicted octanol–water partition coefficient (Wildman–Crippen LogP) is 3.31. The molecule has 0 saturated carbocycles. The Morgan fingerprint density at radius 3 is 1.13 bits per heavy atom. The number of hydrogen-bond acceptors (Lipinski definition) is 6. The van der Waals surface area contributed by atoms with Crippen molar-refractivity contribution in [3.8, 4) is 10.8 Å². The fraction of sp³-hybridized carbons (Fsp3) is 0.250. The van der Waals surface area contributed by atoms with Gasteiger partial charge in [0.2, 0.25) is 0 Å². The molecule has 1 radical (unpaired) electrons. The number of nitriles is 2. The smallest absolute Gasteiger partial charge is 0.696 e. The molecule has 23 heavy (non-hydrogen) atoms. The number of rotatable bonds is 2. The first-order chi connectivity index (χ1) is 10.7. The van der Waals surface area contributed by atoms with Crippen LogP contribution >= 0.6 is 0 Å². The molecule has 0 bridgehead atoms. The zero-order valence-electron chi connectivity index (χ0n) is 12.9. The van der Waals surface area contributed by atoms with Gasteiger partial charge in [0.25, 0.3) is 0 Å². The topological polar surface area (TPSA) is 73.4 Å². The average Bonchev–Trinajstić information content (AvgIpc) is 2.58. The Hall–Kier alpha value is -1.76. The van der Waals surface area contributed by atoms with Crippen LogP contribution in [-0.2, 0) is 55.2 Å². The van der Waals surface area contributed by atoms with Crippen LogP contribution < -0.4 is 0 Å². The van der Waals surface area contributed by atoms with E-state index >= 15 is 0 Å². The molecule has 2 heterocycles. The first kappa shape index (κ1) is 26.2. The van der Waals surface area contributed by atoms with E-state index in [1.54, 1.807) is 0 Å².